The summed E-state index contributed by atoms with van der Waals surface area (Å²) in [4.78, 5) is 10.4. The highest BCUT2D eigenvalue weighted by molar-refractivity contribution is 5.77. The summed E-state index contributed by atoms with van der Waals surface area (Å²) in [7, 11) is 0. The second kappa shape index (κ2) is 3.87. The lowest BCUT2D eigenvalue weighted by atomic mass is 10.2. The molecule has 9 heavy (non-hydrogen) atoms. The van der Waals surface area contributed by atoms with Gasteiger partial charge in [0.2, 0.25) is 5.91 Å². The third kappa shape index (κ3) is 4.78. The Kier molecular flexibility index (Phi) is 3.40. The molecule has 4 heteroatoms. The average molecular weight is 127 g/mol. The van der Waals surface area contributed by atoms with Crippen LogP contribution in [-0.2, 0) is 4.79 Å². The van der Waals surface area contributed by atoms with Crippen molar-refractivity contribution in [1.82, 2.24) is 5.32 Å². The monoisotopic (exact) mass is 127 g/mol. The van der Waals surface area contributed by atoms with Crippen LogP contribution >= 0.6 is 0 Å². The van der Waals surface area contributed by atoms with Gasteiger partial charge >= 0.3 is 0 Å². The van der Waals surface area contributed by atoms with Gasteiger partial charge in [-0.3, -0.25) is 10.1 Å². The van der Waals surface area contributed by atoms with E-state index in [0.29, 0.717) is 0 Å². The molecule has 0 aromatic rings. The molecule has 0 heterocycles. The number of nitrogens with two attached hydrogens (primary N) is 1. The van der Waals surface area contributed by atoms with Crippen LogP contribution in [0.3, 0.4) is 0 Å². The molecule has 0 fully saturated rings. The number of nitrogens with one attached hydrogen (secondary N) is 1. The first-order chi connectivity index (χ1) is 4.16. The van der Waals surface area contributed by atoms with Gasteiger partial charge in [-0.25, -0.2) is 0 Å². The number of hydrogen-bond donors (Lipinski definition) is 2. The number of amides is 1. The van der Waals surface area contributed by atoms with Gasteiger partial charge in [-0.05, 0) is 6.92 Å². The van der Waals surface area contributed by atoms with Crippen LogP contribution in [0.1, 0.15) is 13.3 Å². The normalized spacial score (nSPS) is 11.7. The Labute approximate surface area is 53.6 Å². The first-order valence-electron chi connectivity index (χ1n) is 2.60. The minimum Gasteiger partial charge on any atom is -0.327 e. The molecule has 0 aliphatic carbocycles. The van der Waals surface area contributed by atoms with E-state index in [1.165, 1.54) is 6.19 Å². The molecule has 0 radical (unpaired) electrons. The number of carbonyl (C=O) groups excluding carboxylic acids is 1. The van der Waals surface area contributed by atoms with Gasteiger partial charge < -0.3 is 5.73 Å². The van der Waals surface area contributed by atoms with Gasteiger partial charge in [0.1, 0.15) is 0 Å². The smallest absolute Gasteiger partial charge is 0.234 e. The predicted octanol–water partition coefficient (Wildman–Crippen LogP) is -0.679. The molecular formula is C5H9N3O. The second-order valence-electron chi connectivity index (χ2n) is 1.84. The Bertz CT molecular complexity index is 136. The summed E-state index contributed by atoms with van der Waals surface area (Å²) in [5.41, 5.74) is 5.25. The molecule has 0 aliphatic heterocycles. The van der Waals surface area contributed by atoms with E-state index >= 15 is 0 Å². The Morgan fingerprint density at radius 3 is 2.89 bits per heavy atom. The summed E-state index contributed by atoms with van der Waals surface area (Å²) >= 11 is 0. The van der Waals surface area contributed by atoms with Crippen molar-refractivity contribution in [3.8, 4) is 6.19 Å². The highest BCUT2D eigenvalue weighted by Gasteiger charge is 2.01. The van der Waals surface area contributed by atoms with Gasteiger partial charge in [-0.1, -0.05) is 0 Å². The van der Waals surface area contributed by atoms with Crippen molar-refractivity contribution in [2.45, 2.75) is 19.4 Å². The minimum absolute atomic E-state index is 0.182. The standard InChI is InChI=1S/C5H9N3O/c1-4(7)2-5(9)8-3-6/h4H,2,7H2,1H3,(H,8,9). The molecule has 1 atom stereocenters. The largest absolute Gasteiger partial charge is 0.327 e. The van der Waals surface area contributed by atoms with Crippen molar-refractivity contribution >= 4 is 5.91 Å². The fourth-order valence-corrected chi connectivity index (χ4v) is 0.406. The van der Waals surface area contributed by atoms with Crippen LogP contribution in [0.25, 0.3) is 0 Å². The van der Waals surface area contributed by atoms with E-state index in [0.717, 1.165) is 0 Å². The molecule has 3 N–H and O–H groups in total. The second-order valence-corrected chi connectivity index (χ2v) is 1.84. The van der Waals surface area contributed by atoms with Gasteiger partial charge in [0, 0.05) is 12.5 Å². The quantitative estimate of drug-likeness (QED) is 0.381. The maximum Gasteiger partial charge on any atom is 0.234 e. The van der Waals surface area contributed by atoms with Crippen molar-refractivity contribution in [3.05, 3.63) is 0 Å². The number of hydrogen-bond acceptors (Lipinski definition) is 3. The van der Waals surface area contributed by atoms with E-state index in [9.17, 15) is 4.79 Å². The van der Waals surface area contributed by atoms with Crippen LogP contribution in [0.15, 0.2) is 0 Å². The average Bonchev–Trinajstić information content (AvgIpc) is 1.63. The third-order valence-electron chi connectivity index (χ3n) is 0.703. The van der Waals surface area contributed by atoms with Crippen LogP contribution in [0, 0.1) is 11.5 Å². The molecule has 0 spiro atoms. The van der Waals surface area contributed by atoms with Gasteiger partial charge in [0.05, 0.1) is 0 Å². The lowest BCUT2D eigenvalue weighted by molar-refractivity contribution is -0.120. The molecule has 0 saturated heterocycles. The molecule has 0 aromatic heterocycles. The van der Waals surface area contributed by atoms with Crippen LogP contribution < -0.4 is 11.1 Å². The van der Waals surface area contributed by atoms with E-state index < -0.39 is 0 Å². The molecule has 0 rings (SSSR count). The minimum atomic E-state index is -0.326. The lowest BCUT2D eigenvalue weighted by Crippen LogP contribution is -2.26. The summed E-state index contributed by atoms with van der Waals surface area (Å²) in [5.74, 6) is -0.326. The summed E-state index contributed by atoms with van der Waals surface area (Å²) in [5, 5.41) is 9.89. The van der Waals surface area contributed by atoms with Crippen LogP contribution in [0.4, 0.5) is 0 Å². The van der Waals surface area contributed by atoms with Crippen molar-refractivity contribution < 1.29 is 4.79 Å². The first-order valence-corrected chi connectivity index (χ1v) is 2.60. The maximum atomic E-state index is 10.4. The van der Waals surface area contributed by atoms with Gasteiger partial charge in [0.25, 0.3) is 0 Å². The zero-order chi connectivity index (χ0) is 7.28. The molecular weight excluding hydrogens is 118 g/mol. The molecule has 0 saturated carbocycles. The molecule has 50 valence electrons. The van der Waals surface area contributed by atoms with Crippen molar-refractivity contribution in [3.63, 3.8) is 0 Å². The first kappa shape index (κ1) is 7.92. The van der Waals surface area contributed by atoms with Crippen molar-refractivity contribution in [2.24, 2.45) is 5.73 Å². The molecule has 0 aromatic carbocycles. The topological polar surface area (TPSA) is 78.9 Å². The third-order valence-corrected chi connectivity index (χ3v) is 0.703. The number of nitrogens with zero attached hydrogens (tertiary/aromatic N) is 1. The highest BCUT2D eigenvalue weighted by atomic mass is 16.1. The highest BCUT2D eigenvalue weighted by Crippen LogP contribution is 1.83. The van der Waals surface area contributed by atoms with E-state index in [4.69, 9.17) is 11.0 Å². The zero-order valence-electron chi connectivity index (χ0n) is 5.22. The molecule has 1 unspecified atom stereocenters. The number of nitriles is 1. The Morgan fingerprint density at radius 2 is 2.56 bits per heavy atom. The van der Waals surface area contributed by atoms with Gasteiger partial charge in [-0.2, -0.15) is 5.26 Å². The van der Waals surface area contributed by atoms with E-state index in [1.807, 2.05) is 5.32 Å². The predicted molar refractivity (Wildman–Crippen MR) is 32.0 cm³/mol. The summed E-state index contributed by atoms with van der Waals surface area (Å²) in [6.45, 7) is 1.71. The van der Waals surface area contributed by atoms with Crippen molar-refractivity contribution in [2.75, 3.05) is 0 Å². The Hall–Kier alpha value is -1.08. The van der Waals surface area contributed by atoms with E-state index in [-0.39, 0.29) is 18.4 Å². The van der Waals surface area contributed by atoms with Crippen LogP contribution in [-0.4, -0.2) is 11.9 Å². The summed E-state index contributed by atoms with van der Waals surface area (Å²) < 4.78 is 0. The van der Waals surface area contributed by atoms with E-state index in [2.05, 4.69) is 0 Å². The molecule has 4 nitrogen and oxygen atoms in total. The van der Waals surface area contributed by atoms with Crippen molar-refractivity contribution in [1.29, 1.82) is 5.26 Å². The lowest BCUT2D eigenvalue weighted by Gasteiger charge is -1.99. The molecule has 0 bridgehead atoms. The van der Waals surface area contributed by atoms with E-state index in [1.54, 1.807) is 6.92 Å². The Balaban J connectivity index is 3.42. The Morgan fingerprint density at radius 1 is 2.00 bits per heavy atom. The summed E-state index contributed by atoms with van der Waals surface area (Å²) in [6.07, 6.45) is 1.72. The van der Waals surface area contributed by atoms with Gasteiger partial charge in [0.15, 0.2) is 6.19 Å². The SMILES string of the molecule is CC(N)CC(=O)NC#N. The fraction of sp³-hybridized carbons (Fsp3) is 0.600. The van der Waals surface area contributed by atoms with Gasteiger partial charge in [-0.15, -0.1) is 0 Å². The number of carbonyl (C=O) groups is 1. The van der Waals surface area contributed by atoms with Crippen LogP contribution in [0.5, 0.6) is 0 Å². The maximum absolute atomic E-state index is 10.4. The molecule has 1 amide bonds. The number of rotatable bonds is 2. The fourth-order valence-electron chi connectivity index (χ4n) is 0.406. The van der Waals surface area contributed by atoms with Crippen LogP contribution in [0.2, 0.25) is 0 Å². The zero-order valence-corrected chi connectivity index (χ0v) is 5.22. The summed E-state index contributed by atoms with van der Waals surface area (Å²) in [6, 6.07) is -0.182. The molecule has 0 aliphatic rings.